The van der Waals surface area contributed by atoms with Crippen LogP contribution in [0.3, 0.4) is 0 Å². The molecule has 0 spiro atoms. The number of rotatable bonds is 9. The van der Waals surface area contributed by atoms with Crippen molar-refractivity contribution in [1.82, 2.24) is 15.5 Å². The number of piperidine rings is 1. The Morgan fingerprint density at radius 3 is 2.54 bits per heavy atom. The molecule has 1 aliphatic rings. The molecule has 1 fully saturated rings. The van der Waals surface area contributed by atoms with Crippen LogP contribution < -0.4 is 10.6 Å². The van der Waals surface area contributed by atoms with E-state index in [9.17, 15) is 8.42 Å². The molecule has 0 aliphatic carbocycles. The van der Waals surface area contributed by atoms with Crippen LogP contribution in [-0.4, -0.2) is 57.8 Å². The number of hydrogen-bond acceptors (Lipinski definition) is 4. The van der Waals surface area contributed by atoms with E-state index >= 15 is 0 Å². The predicted molar refractivity (Wildman–Crippen MR) is 117 cm³/mol. The van der Waals surface area contributed by atoms with E-state index in [2.05, 4.69) is 34.4 Å². The summed E-state index contributed by atoms with van der Waals surface area (Å²) in [4.78, 5) is 7.24. The van der Waals surface area contributed by atoms with Crippen LogP contribution in [0.15, 0.2) is 29.3 Å². The van der Waals surface area contributed by atoms with Crippen LogP contribution in [0, 0.1) is 0 Å². The highest BCUT2D eigenvalue weighted by Crippen LogP contribution is 2.16. The summed E-state index contributed by atoms with van der Waals surface area (Å²) < 4.78 is 22.8. The third-order valence-corrected chi connectivity index (χ3v) is 5.93. The van der Waals surface area contributed by atoms with Gasteiger partial charge in [0, 0.05) is 31.9 Å². The second-order valence-electron chi connectivity index (χ2n) is 7.74. The zero-order chi connectivity index (χ0) is 20.4. The van der Waals surface area contributed by atoms with E-state index in [1.807, 2.05) is 24.3 Å². The number of nitrogens with one attached hydrogen (secondary N) is 2. The number of likely N-dealkylation sites (tertiary alicyclic amines) is 1. The number of sulfone groups is 1. The molecule has 28 heavy (non-hydrogen) atoms. The molecule has 7 heteroatoms. The van der Waals surface area contributed by atoms with Gasteiger partial charge < -0.3 is 15.5 Å². The summed E-state index contributed by atoms with van der Waals surface area (Å²) in [5.74, 6) is 0.908. The smallest absolute Gasteiger partial charge is 0.191 e. The number of benzene rings is 1. The van der Waals surface area contributed by atoms with Gasteiger partial charge in [0.25, 0.3) is 0 Å². The molecular weight excluding hydrogens is 372 g/mol. The lowest BCUT2D eigenvalue weighted by Gasteiger charge is -2.33. The van der Waals surface area contributed by atoms with E-state index in [-0.39, 0.29) is 5.75 Å². The first kappa shape index (κ1) is 22.7. The maximum absolute atomic E-state index is 11.4. The lowest BCUT2D eigenvalue weighted by atomic mass is 10.0. The van der Waals surface area contributed by atoms with Gasteiger partial charge >= 0.3 is 0 Å². The molecule has 0 saturated carbocycles. The van der Waals surface area contributed by atoms with Crippen molar-refractivity contribution in [2.24, 2.45) is 4.99 Å². The summed E-state index contributed by atoms with van der Waals surface area (Å²) in [6.45, 7) is 9.05. The van der Waals surface area contributed by atoms with Crippen molar-refractivity contribution in [3.8, 4) is 0 Å². The van der Waals surface area contributed by atoms with Crippen LogP contribution in [0.2, 0.25) is 0 Å². The van der Waals surface area contributed by atoms with Crippen molar-refractivity contribution >= 4 is 15.8 Å². The summed E-state index contributed by atoms with van der Waals surface area (Å²) in [6.07, 6.45) is 6.37. The highest BCUT2D eigenvalue weighted by Gasteiger charge is 2.17. The van der Waals surface area contributed by atoms with E-state index in [0.29, 0.717) is 12.6 Å². The third-order valence-electron chi connectivity index (χ3n) is 5.07. The second kappa shape index (κ2) is 11.4. The van der Waals surface area contributed by atoms with Crippen LogP contribution in [-0.2, 0) is 22.1 Å². The first-order chi connectivity index (χ1) is 13.4. The molecule has 0 amide bonds. The van der Waals surface area contributed by atoms with E-state index in [0.717, 1.165) is 43.1 Å². The molecule has 0 bridgehead atoms. The maximum atomic E-state index is 11.4. The van der Waals surface area contributed by atoms with E-state index in [4.69, 9.17) is 0 Å². The van der Waals surface area contributed by atoms with Gasteiger partial charge in [0.1, 0.15) is 0 Å². The normalized spacial score (nSPS) is 18.8. The lowest BCUT2D eigenvalue weighted by Crippen LogP contribution is -2.41. The minimum absolute atomic E-state index is 0.0797. The topological polar surface area (TPSA) is 73.8 Å². The number of hydrogen-bond donors (Lipinski definition) is 2. The molecule has 1 heterocycles. The van der Waals surface area contributed by atoms with Gasteiger partial charge in [-0.15, -0.1) is 0 Å². The Morgan fingerprint density at radius 2 is 1.89 bits per heavy atom. The van der Waals surface area contributed by atoms with Gasteiger partial charge in [0.15, 0.2) is 15.8 Å². The van der Waals surface area contributed by atoms with Crippen molar-refractivity contribution in [2.45, 2.75) is 57.9 Å². The minimum Gasteiger partial charge on any atom is -0.357 e. The van der Waals surface area contributed by atoms with Crippen LogP contribution in [0.4, 0.5) is 0 Å². The van der Waals surface area contributed by atoms with Crippen LogP contribution in [0.1, 0.15) is 50.7 Å². The number of guanidine groups is 1. The Balaban J connectivity index is 1.79. The average Bonchev–Trinajstić information content (AvgIpc) is 2.64. The van der Waals surface area contributed by atoms with Gasteiger partial charge in [0.2, 0.25) is 0 Å². The summed E-state index contributed by atoms with van der Waals surface area (Å²) in [5, 5.41) is 6.71. The van der Waals surface area contributed by atoms with Gasteiger partial charge in [-0.1, -0.05) is 30.7 Å². The molecule has 1 aromatic rings. The van der Waals surface area contributed by atoms with Gasteiger partial charge in [0.05, 0.1) is 12.3 Å². The summed E-state index contributed by atoms with van der Waals surface area (Å²) in [7, 11) is -3.00. The molecule has 0 aromatic heterocycles. The van der Waals surface area contributed by atoms with Crippen molar-refractivity contribution in [3.63, 3.8) is 0 Å². The first-order valence-corrected chi connectivity index (χ1v) is 12.4. The fourth-order valence-electron chi connectivity index (χ4n) is 3.53. The molecule has 1 aromatic carbocycles. The first-order valence-electron chi connectivity index (χ1n) is 10.4. The quantitative estimate of drug-likeness (QED) is 0.373. The van der Waals surface area contributed by atoms with Crippen molar-refractivity contribution in [1.29, 1.82) is 0 Å². The Hall–Kier alpha value is -1.60. The molecule has 2 rings (SSSR count). The van der Waals surface area contributed by atoms with E-state index < -0.39 is 9.84 Å². The SMILES string of the molecule is CCNC(=NCc1ccc(CS(C)(=O)=O)cc1)NCCCN1CCCCC1C. The fraction of sp³-hybridized carbons (Fsp3) is 0.667. The van der Waals surface area contributed by atoms with Gasteiger partial charge in [-0.2, -0.15) is 0 Å². The molecule has 6 nitrogen and oxygen atoms in total. The predicted octanol–water partition coefficient (Wildman–Crippen LogP) is 2.55. The van der Waals surface area contributed by atoms with Gasteiger partial charge in [-0.3, -0.25) is 0 Å². The Bertz CT molecular complexity index is 716. The molecule has 2 N–H and O–H groups in total. The average molecular weight is 409 g/mol. The maximum Gasteiger partial charge on any atom is 0.191 e. The molecule has 158 valence electrons. The monoisotopic (exact) mass is 408 g/mol. The van der Waals surface area contributed by atoms with E-state index in [1.54, 1.807) is 0 Å². The molecule has 1 saturated heterocycles. The zero-order valence-corrected chi connectivity index (χ0v) is 18.4. The van der Waals surface area contributed by atoms with E-state index in [1.165, 1.54) is 32.1 Å². The molecule has 1 atom stereocenters. The van der Waals surface area contributed by atoms with Crippen LogP contribution in [0.25, 0.3) is 0 Å². The standard InChI is InChI=1S/C21H36N4O2S/c1-4-22-21(23-13-7-15-25-14-6-5-8-18(25)2)24-16-19-9-11-20(12-10-19)17-28(3,26)27/h9-12,18H,4-8,13-17H2,1-3H3,(H2,22,23,24). The highest BCUT2D eigenvalue weighted by molar-refractivity contribution is 7.89. The summed E-state index contributed by atoms with van der Waals surface area (Å²) in [5.41, 5.74) is 1.88. The Morgan fingerprint density at radius 1 is 1.18 bits per heavy atom. The molecule has 1 unspecified atom stereocenters. The Labute approximate surface area is 170 Å². The highest BCUT2D eigenvalue weighted by atomic mass is 32.2. The fourth-order valence-corrected chi connectivity index (χ4v) is 4.33. The molecule has 0 radical (unpaired) electrons. The van der Waals surface area contributed by atoms with Gasteiger partial charge in [-0.25, -0.2) is 13.4 Å². The Kier molecular flexibility index (Phi) is 9.25. The molecular formula is C21H36N4O2S. The van der Waals surface area contributed by atoms with Crippen molar-refractivity contribution < 1.29 is 8.42 Å². The van der Waals surface area contributed by atoms with Crippen molar-refractivity contribution in [3.05, 3.63) is 35.4 Å². The van der Waals surface area contributed by atoms with Gasteiger partial charge in [-0.05, 0) is 50.8 Å². The van der Waals surface area contributed by atoms with Crippen LogP contribution >= 0.6 is 0 Å². The lowest BCUT2D eigenvalue weighted by molar-refractivity contribution is 0.159. The zero-order valence-electron chi connectivity index (χ0n) is 17.6. The summed E-state index contributed by atoms with van der Waals surface area (Å²) in [6, 6.07) is 8.34. The van der Waals surface area contributed by atoms with Crippen molar-refractivity contribution in [2.75, 3.05) is 32.4 Å². The third kappa shape index (κ3) is 8.61. The van der Waals surface area contributed by atoms with Crippen LogP contribution in [0.5, 0.6) is 0 Å². The minimum atomic E-state index is -3.00. The second-order valence-corrected chi connectivity index (χ2v) is 9.88. The number of aliphatic imine (C=N–C) groups is 1. The number of nitrogens with zero attached hydrogens (tertiary/aromatic N) is 2. The largest absolute Gasteiger partial charge is 0.357 e. The summed E-state index contributed by atoms with van der Waals surface area (Å²) >= 11 is 0. The molecule has 1 aliphatic heterocycles.